The molecular weight excluding hydrogens is 410 g/mol. The molecule has 0 saturated carbocycles. The first-order valence-electron chi connectivity index (χ1n) is 10.1. The van der Waals surface area contributed by atoms with Gasteiger partial charge in [0.1, 0.15) is 5.00 Å². The topological polar surface area (TPSA) is 86.4 Å². The number of carbonyl (C=O) groups is 2. The summed E-state index contributed by atoms with van der Waals surface area (Å²) < 4.78 is 4.31. The van der Waals surface area contributed by atoms with E-state index in [1.807, 2.05) is 61.2 Å². The highest BCUT2D eigenvalue weighted by molar-refractivity contribution is 7.10. The van der Waals surface area contributed by atoms with Crippen LogP contribution in [0.15, 0.2) is 42.5 Å². The Morgan fingerprint density at radius 3 is 2.58 bits per heavy atom. The van der Waals surface area contributed by atoms with Crippen LogP contribution in [0.25, 0.3) is 0 Å². The van der Waals surface area contributed by atoms with Crippen LogP contribution in [0.4, 0.5) is 21.2 Å². The van der Waals surface area contributed by atoms with E-state index in [4.69, 9.17) is 0 Å². The fourth-order valence-corrected chi connectivity index (χ4v) is 4.51. The van der Waals surface area contributed by atoms with E-state index < -0.39 is 0 Å². The van der Waals surface area contributed by atoms with E-state index in [0.29, 0.717) is 25.1 Å². The van der Waals surface area contributed by atoms with Gasteiger partial charge in [-0.15, -0.1) is 0 Å². The smallest absolute Gasteiger partial charge is 0.323 e. The first-order chi connectivity index (χ1) is 15.0. The molecule has 1 aliphatic heterocycles. The lowest BCUT2D eigenvalue weighted by Gasteiger charge is -2.30. The molecule has 2 heterocycles. The van der Waals surface area contributed by atoms with Crippen molar-refractivity contribution in [3.8, 4) is 0 Å². The molecule has 7 nitrogen and oxygen atoms in total. The van der Waals surface area contributed by atoms with E-state index in [0.717, 1.165) is 38.8 Å². The van der Waals surface area contributed by atoms with Crippen molar-refractivity contribution in [3.63, 3.8) is 0 Å². The molecule has 8 heteroatoms. The second kappa shape index (κ2) is 8.77. The van der Waals surface area contributed by atoms with Gasteiger partial charge in [-0.1, -0.05) is 29.8 Å². The summed E-state index contributed by atoms with van der Waals surface area (Å²) in [4.78, 5) is 27.5. The molecule has 3 amide bonds. The van der Waals surface area contributed by atoms with Crippen molar-refractivity contribution >= 4 is 39.8 Å². The molecule has 0 atom stereocenters. The number of rotatable bonds is 4. The molecule has 3 aromatic rings. The van der Waals surface area contributed by atoms with Crippen molar-refractivity contribution in [3.05, 3.63) is 70.4 Å². The van der Waals surface area contributed by atoms with Gasteiger partial charge in [-0.3, -0.25) is 4.79 Å². The minimum absolute atomic E-state index is 0.0169. The highest BCUT2D eigenvalue weighted by Crippen LogP contribution is 2.30. The number of nitrogens with one attached hydrogen (secondary N) is 3. The predicted octanol–water partition coefficient (Wildman–Crippen LogP) is 4.64. The average molecular weight is 436 g/mol. The molecule has 0 bridgehead atoms. The number of urea groups is 1. The number of carbonyl (C=O) groups excluding carboxylic acids is 2. The number of hydrogen-bond acceptors (Lipinski definition) is 5. The molecule has 0 unspecified atom stereocenters. The summed E-state index contributed by atoms with van der Waals surface area (Å²) in [5.41, 5.74) is 6.15. The van der Waals surface area contributed by atoms with E-state index in [2.05, 4.69) is 20.3 Å². The van der Waals surface area contributed by atoms with Crippen LogP contribution in [0.5, 0.6) is 0 Å². The minimum Gasteiger partial charge on any atom is -0.378 e. The molecule has 1 aromatic heterocycles. The molecule has 2 aromatic carbocycles. The Morgan fingerprint density at radius 1 is 1.06 bits per heavy atom. The van der Waals surface area contributed by atoms with E-state index >= 15 is 0 Å². The summed E-state index contributed by atoms with van der Waals surface area (Å²) in [6, 6.07) is 13.2. The van der Waals surface area contributed by atoms with E-state index in [1.165, 1.54) is 11.5 Å². The zero-order valence-electron chi connectivity index (χ0n) is 17.8. The number of aryl methyl sites for hydroxylation is 2. The van der Waals surface area contributed by atoms with E-state index in [-0.39, 0.29) is 11.9 Å². The number of hydrogen-bond donors (Lipinski definition) is 3. The fraction of sp³-hybridized carbons (Fsp3) is 0.261. The summed E-state index contributed by atoms with van der Waals surface area (Å²) in [6.07, 6.45) is 0.674. The second-order valence-corrected chi connectivity index (χ2v) is 8.36. The molecule has 1 aliphatic rings. The maximum absolute atomic E-state index is 13.1. The maximum Gasteiger partial charge on any atom is 0.323 e. The van der Waals surface area contributed by atoms with Crippen LogP contribution in [-0.4, -0.2) is 34.8 Å². The van der Waals surface area contributed by atoms with Crippen LogP contribution < -0.4 is 16.0 Å². The quantitative estimate of drug-likeness (QED) is 0.557. The molecule has 3 N–H and O–H groups in total. The van der Waals surface area contributed by atoms with Crippen molar-refractivity contribution in [2.45, 2.75) is 26.8 Å². The Kier molecular flexibility index (Phi) is 5.90. The summed E-state index contributed by atoms with van der Waals surface area (Å²) in [7, 11) is 1.80. The molecule has 0 spiro atoms. The summed E-state index contributed by atoms with van der Waals surface area (Å²) in [6.45, 7) is 4.95. The molecule has 0 fully saturated rings. The molecule has 0 saturated heterocycles. The standard InChI is InChI=1S/C23H25N5O2S/c1-14-7-9-17(10-8-14)25-23(30)26-19-6-4-5-16-13-28(12-11-18(16)19)22(29)20-15(2)27-31-21(20)24-3/h4-10,24H,11-13H2,1-3H3,(H2,25,26,30). The van der Waals surface area contributed by atoms with E-state index in [1.54, 1.807) is 7.05 Å². The Labute approximate surface area is 185 Å². The number of anilines is 3. The first-order valence-corrected chi connectivity index (χ1v) is 10.9. The van der Waals surface area contributed by atoms with Gasteiger partial charge >= 0.3 is 6.03 Å². The largest absolute Gasteiger partial charge is 0.378 e. The highest BCUT2D eigenvalue weighted by atomic mass is 32.1. The third kappa shape index (κ3) is 4.39. The Morgan fingerprint density at radius 2 is 1.84 bits per heavy atom. The van der Waals surface area contributed by atoms with E-state index in [9.17, 15) is 9.59 Å². The predicted molar refractivity (Wildman–Crippen MR) is 125 cm³/mol. The second-order valence-electron chi connectivity index (χ2n) is 7.59. The Balaban J connectivity index is 1.48. The Bertz CT molecular complexity index is 1120. The van der Waals surface area contributed by atoms with Gasteiger partial charge in [0.15, 0.2) is 0 Å². The first kappa shape index (κ1) is 20.9. The van der Waals surface area contributed by atoms with Crippen LogP contribution in [0.2, 0.25) is 0 Å². The van der Waals surface area contributed by atoms with Crippen molar-refractivity contribution < 1.29 is 9.59 Å². The number of nitrogens with zero attached hydrogens (tertiary/aromatic N) is 2. The monoisotopic (exact) mass is 435 g/mol. The molecule has 160 valence electrons. The van der Waals surface area contributed by atoms with Crippen molar-refractivity contribution in [2.75, 3.05) is 29.5 Å². The van der Waals surface area contributed by atoms with Gasteiger partial charge in [0.2, 0.25) is 0 Å². The molecule has 31 heavy (non-hydrogen) atoms. The number of amides is 3. The van der Waals surface area contributed by atoms with Gasteiger partial charge in [0, 0.05) is 31.5 Å². The van der Waals surface area contributed by atoms with Crippen LogP contribution in [0, 0.1) is 13.8 Å². The normalized spacial score (nSPS) is 12.8. The minimum atomic E-state index is -0.283. The zero-order chi connectivity index (χ0) is 22.0. The van der Waals surface area contributed by atoms with Crippen molar-refractivity contribution in [1.29, 1.82) is 0 Å². The summed E-state index contributed by atoms with van der Waals surface area (Å²) in [5.74, 6) is -0.0169. The van der Waals surface area contributed by atoms with Crippen LogP contribution in [0.3, 0.4) is 0 Å². The van der Waals surface area contributed by atoms with Gasteiger partial charge in [0.25, 0.3) is 5.91 Å². The van der Waals surface area contributed by atoms with Crippen LogP contribution in [-0.2, 0) is 13.0 Å². The SMILES string of the molecule is CNc1snc(C)c1C(=O)N1CCc2c(cccc2NC(=O)Nc2ccc(C)cc2)C1. The average Bonchev–Trinajstić information content (AvgIpc) is 3.15. The van der Waals surface area contributed by atoms with Gasteiger partial charge in [-0.2, -0.15) is 4.37 Å². The molecule has 0 aliphatic carbocycles. The zero-order valence-corrected chi connectivity index (χ0v) is 18.6. The lowest BCUT2D eigenvalue weighted by atomic mass is 9.97. The molecular formula is C23H25N5O2S. The summed E-state index contributed by atoms with van der Waals surface area (Å²) in [5, 5.41) is 9.67. The summed E-state index contributed by atoms with van der Waals surface area (Å²) >= 11 is 1.30. The van der Waals surface area contributed by atoms with Crippen LogP contribution >= 0.6 is 11.5 Å². The highest BCUT2D eigenvalue weighted by Gasteiger charge is 2.27. The van der Waals surface area contributed by atoms with Crippen LogP contribution in [0.1, 0.15) is 32.7 Å². The lowest BCUT2D eigenvalue weighted by molar-refractivity contribution is 0.0735. The molecule has 0 radical (unpaired) electrons. The van der Waals surface area contributed by atoms with Crippen molar-refractivity contribution in [1.82, 2.24) is 9.27 Å². The van der Waals surface area contributed by atoms with Gasteiger partial charge in [-0.25, -0.2) is 4.79 Å². The number of fused-ring (bicyclic) bond motifs is 1. The lowest BCUT2D eigenvalue weighted by Crippen LogP contribution is -2.37. The Hall–Kier alpha value is -3.39. The third-order valence-corrected chi connectivity index (χ3v) is 6.37. The third-order valence-electron chi connectivity index (χ3n) is 5.41. The van der Waals surface area contributed by atoms with Gasteiger partial charge < -0.3 is 20.9 Å². The number of benzene rings is 2. The van der Waals surface area contributed by atoms with Gasteiger partial charge in [0.05, 0.1) is 11.3 Å². The molecule has 4 rings (SSSR count). The number of aromatic nitrogens is 1. The fourth-order valence-electron chi connectivity index (χ4n) is 3.77. The maximum atomic E-state index is 13.1. The van der Waals surface area contributed by atoms with Gasteiger partial charge in [-0.05, 0) is 61.1 Å². The van der Waals surface area contributed by atoms with Crippen molar-refractivity contribution in [2.24, 2.45) is 0 Å².